The van der Waals surface area contributed by atoms with E-state index in [0.29, 0.717) is 17.9 Å². The van der Waals surface area contributed by atoms with Gasteiger partial charge in [0.15, 0.2) is 0 Å². The highest BCUT2D eigenvalue weighted by molar-refractivity contribution is 7.80. The van der Waals surface area contributed by atoms with Crippen molar-refractivity contribution >= 4 is 29.6 Å². The maximum Gasteiger partial charge on any atom is 0.312 e. The minimum absolute atomic E-state index is 0.285. The van der Waals surface area contributed by atoms with E-state index in [4.69, 9.17) is 4.74 Å². The predicted molar refractivity (Wildman–Crippen MR) is 85.6 cm³/mol. The molecule has 0 aliphatic heterocycles. The van der Waals surface area contributed by atoms with Crippen molar-refractivity contribution in [2.75, 3.05) is 5.75 Å². The van der Waals surface area contributed by atoms with Crippen LogP contribution >= 0.6 is 12.6 Å². The van der Waals surface area contributed by atoms with Crippen LogP contribution in [0.1, 0.15) is 6.42 Å². The van der Waals surface area contributed by atoms with Gasteiger partial charge in [0.25, 0.3) is 0 Å². The summed E-state index contributed by atoms with van der Waals surface area (Å²) >= 11 is 4.01. The van der Waals surface area contributed by atoms with Crippen LogP contribution in [0.4, 0.5) is 0 Å². The van der Waals surface area contributed by atoms with Gasteiger partial charge in [-0.15, -0.1) is 0 Å². The monoisotopic (exact) mass is 298 g/mol. The first kappa shape index (κ1) is 13.7. The van der Waals surface area contributed by atoms with Crippen LogP contribution in [0.2, 0.25) is 0 Å². The molecule has 1 heterocycles. The molecule has 0 fully saturated rings. The lowest BCUT2D eigenvalue weighted by molar-refractivity contribution is -0.133. The molecule has 5 heteroatoms. The van der Waals surface area contributed by atoms with Crippen LogP contribution in [-0.4, -0.2) is 21.7 Å². The zero-order valence-electron chi connectivity index (χ0n) is 11.2. The van der Waals surface area contributed by atoms with Gasteiger partial charge in [-0.05, 0) is 12.1 Å². The van der Waals surface area contributed by atoms with Crippen LogP contribution in [0.5, 0.6) is 5.75 Å². The Morgan fingerprint density at radius 1 is 1.19 bits per heavy atom. The van der Waals surface area contributed by atoms with Crippen LogP contribution in [0.25, 0.3) is 22.4 Å². The van der Waals surface area contributed by atoms with Gasteiger partial charge >= 0.3 is 5.97 Å². The molecule has 4 nitrogen and oxygen atoms in total. The Balaban J connectivity index is 1.90. The van der Waals surface area contributed by atoms with E-state index in [0.717, 1.165) is 22.4 Å². The second-order valence-corrected chi connectivity index (χ2v) is 5.03. The Labute approximate surface area is 127 Å². The van der Waals surface area contributed by atoms with Crippen molar-refractivity contribution in [1.29, 1.82) is 0 Å². The first-order valence-electron chi connectivity index (χ1n) is 6.63. The fraction of sp³-hybridized carbons (Fsp3) is 0.125. The molecule has 0 bridgehead atoms. The molecule has 0 saturated carbocycles. The molecule has 0 unspecified atom stereocenters. The number of hydrogen-bond donors (Lipinski definition) is 2. The van der Waals surface area contributed by atoms with E-state index in [1.54, 1.807) is 12.1 Å². The number of nitrogens with one attached hydrogen (secondary N) is 1. The third-order valence-corrected chi connectivity index (χ3v) is 3.27. The molecule has 0 atom stereocenters. The van der Waals surface area contributed by atoms with Gasteiger partial charge in [-0.2, -0.15) is 12.6 Å². The van der Waals surface area contributed by atoms with Crippen molar-refractivity contribution < 1.29 is 9.53 Å². The van der Waals surface area contributed by atoms with E-state index in [1.807, 2.05) is 36.4 Å². The number of thiol groups is 1. The number of nitrogens with zero attached hydrogens (tertiary/aromatic N) is 1. The van der Waals surface area contributed by atoms with Gasteiger partial charge < -0.3 is 9.72 Å². The van der Waals surface area contributed by atoms with E-state index < -0.39 is 0 Å². The minimum atomic E-state index is -0.285. The van der Waals surface area contributed by atoms with E-state index in [2.05, 4.69) is 22.6 Å². The van der Waals surface area contributed by atoms with Crippen LogP contribution in [0.3, 0.4) is 0 Å². The van der Waals surface area contributed by atoms with Gasteiger partial charge in [-0.1, -0.05) is 30.3 Å². The summed E-state index contributed by atoms with van der Waals surface area (Å²) in [6, 6.07) is 15.2. The Morgan fingerprint density at radius 2 is 2.00 bits per heavy atom. The maximum atomic E-state index is 11.5. The number of esters is 1. The molecular formula is C16H14N2O2S. The molecule has 0 aliphatic carbocycles. The first-order chi connectivity index (χ1) is 10.3. The lowest BCUT2D eigenvalue weighted by Crippen LogP contribution is -2.07. The standard InChI is InChI=1S/C16H14N2O2S/c19-15(8-9-21)20-12-6-7-13-14(10-12)18-16(17-13)11-4-2-1-3-5-11/h1-7,10,21H,8-9H2,(H,17,18). The third-order valence-electron chi connectivity index (χ3n) is 3.05. The highest BCUT2D eigenvalue weighted by atomic mass is 32.1. The van der Waals surface area contributed by atoms with Crippen molar-refractivity contribution in [2.24, 2.45) is 0 Å². The van der Waals surface area contributed by atoms with Gasteiger partial charge in [0.05, 0.1) is 17.5 Å². The number of H-pyrrole nitrogens is 1. The number of carbonyl (C=O) groups excluding carboxylic acids is 1. The Hall–Kier alpha value is -2.27. The van der Waals surface area contributed by atoms with Crippen LogP contribution in [0, 0.1) is 0 Å². The smallest absolute Gasteiger partial charge is 0.312 e. The molecule has 3 rings (SSSR count). The van der Waals surface area contributed by atoms with E-state index in [9.17, 15) is 4.79 Å². The molecule has 0 radical (unpaired) electrons. The van der Waals surface area contributed by atoms with Gasteiger partial charge in [0.1, 0.15) is 11.6 Å². The number of ether oxygens (including phenoxy) is 1. The molecule has 0 amide bonds. The number of aromatic nitrogens is 2. The highest BCUT2D eigenvalue weighted by Gasteiger charge is 2.08. The van der Waals surface area contributed by atoms with E-state index in [1.165, 1.54) is 0 Å². The number of benzene rings is 2. The summed E-state index contributed by atoms with van der Waals surface area (Å²) < 4.78 is 5.24. The normalized spacial score (nSPS) is 10.7. The fourth-order valence-electron chi connectivity index (χ4n) is 2.06. The van der Waals surface area contributed by atoms with Crippen LogP contribution in [0.15, 0.2) is 48.5 Å². The number of hydrogen-bond acceptors (Lipinski definition) is 4. The van der Waals surface area contributed by atoms with Gasteiger partial charge in [-0.3, -0.25) is 4.79 Å². The van der Waals surface area contributed by atoms with Crippen molar-refractivity contribution in [3.8, 4) is 17.1 Å². The van der Waals surface area contributed by atoms with Crippen molar-refractivity contribution in [1.82, 2.24) is 9.97 Å². The predicted octanol–water partition coefficient (Wildman–Crippen LogP) is 3.46. The zero-order valence-corrected chi connectivity index (χ0v) is 12.1. The molecule has 2 aromatic carbocycles. The van der Waals surface area contributed by atoms with Gasteiger partial charge in [-0.25, -0.2) is 4.98 Å². The summed E-state index contributed by atoms with van der Waals surface area (Å²) in [6.45, 7) is 0. The highest BCUT2D eigenvalue weighted by Crippen LogP contribution is 2.23. The summed E-state index contributed by atoms with van der Waals surface area (Å²) in [4.78, 5) is 19.2. The Morgan fingerprint density at radius 3 is 2.76 bits per heavy atom. The average molecular weight is 298 g/mol. The lowest BCUT2D eigenvalue weighted by atomic mass is 10.2. The third kappa shape index (κ3) is 3.08. The van der Waals surface area contributed by atoms with Crippen molar-refractivity contribution in [3.63, 3.8) is 0 Å². The van der Waals surface area contributed by atoms with Gasteiger partial charge in [0.2, 0.25) is 0 Å². The molecule has 21 heavy (non-hydrogen) atoms. The van der Waals surface area contributed by atoms with Crippen LogP contribution < -0.4 is 4.74 Å². The Bertz CT molecular complexity index is 768. The zero-order chi connectivity index (χ0) is 14.7. The summed E-state index contributed by atoms with van der Waals surface area (Å²) in [5, 5.41) is 0. The minimum Gasteiger partial charge on any atom is -0.426 e. The number of imidazole rings is 1. The first-order valence-corrected chi connectivity index (χ1v) is 7.26. The second kappa shape index (κ2) is 6.01. The van der Waals surface area contributed by atoms with Crippen molar-refractivity contribution in [3.05, 3.63) is 48.5 Å². The molecule has 0 saturated heterocycles. The maximum absolute atomic E-state index is 11.5. The van der Waals surface area contributed by atoms with E-state index in [-0.39, 0.29) is 5.97 Å². The number of fused-ring (bicyclic) bond motifs is 1. The molecule has 0 aliphatic rings. The number of carbonyl (C=O) groups is 1. The summed E-state index contributed by atoms with van der Waals surface area (Å²) in [7, 11) is 0. The molecule has 1 aromatic heterocycles. The fourth-order valence-corrected chi connectivity index (χ4v) is 2.24. The second-order valence-electron chi connectivity index (χ2n) is 4.58. The molecule has 0 spiro atoms. The van der Waals surface area contributed by atoms with Crippen molar-refractivity contribution in [2.45, 2.75) is 6.42 Å². The molecular weight excluding hydrogens is 284 g/mol. The quantitative estimate of drug-likeness (QED) is 0.440. The van der Waals surface area contributed by atoms with Crippen LogP contribution in [-0.2, 0) is 4.79 Å². The average Bonchev–Trinajstić information content (AvgIpc) is 2.91. The van der Waals surface area contributed by atoms with E-state index >= 15 is 0 Å². The Kier molecular flexibility index (Phi) is 3.92. The summed E-state index contributed by atoms with van der Waals surface area (Å²) in [6.07, 6.45) is 0.291. The SMILES string of the molecule is O=C(CCS)Oc1ccc2nc(-c3ccccc3)[nH]c2c1. The molecule has 106 valence electrons. The number of aromatic amines is 1. The topological polar surface area (TPSA) is 55.0 Å². The number of rotatable bonds is 4. The largest absolute Gasteiger partial charge is 0.426 e. The molecule has 3 aromatic rings. The van der Waals surface area contributed by atoms with Gasteiger partial charge in [0, 0.05) is 17.4 Å². The lowest BCUT2D eigenvalue weighted by Gasteiger charge is -2.02. The molecule has 1 N–H and O–H groups in total. The summed E-state index contributed by atoms with van der Waals surface area (Å²) in [5.41, 5.74) is 2.69. The summed E-state index contributed by atoms with van der Waals surface area (Å²) in [5.74, 6) is 1.50.